The fourth-order valence-corrected chi connectivity index (χ4v) is 8.36. The lowest BCUT2D eigenvalue weighted by molar-refractivity contribution is 0.0125. The molecule has 4 unspecified atom stereocenters. The van der Waals surface area contributed by atoms with Gasteiger partial charge in [-0.05, 0) is 118 Å². The Morgan fingerprint density at radius 1 is 1.21 bits per heavy atom. The van der Waals surface area contributed by atoms with E-state index in [1.807, 2.05) is 6.92 Å². The number of esters is 1. The summed E-state index contributed by atoms with van der Waals surface area (Å²) in [4.78, 5) is 21.7. The molecule has 4 saturated carbocycles. The Kier molecular flexibility index (Phi) is 8.49. The number of fused-ring (bicyclic) bond motifs is 1. The van der Waals surface area contributed by atoms with Crippen molar-refractivity contribution in [2.45, 2.75) is 115 Å². The van der Waals surface area contributed by atoms with Crippen LogP contribution in [0.5, 0.6) is 0 Å². The molecule has 0 aromatic carbocycles. The van der Waals surface area contributed by atoms with Crippen molar-refractivity contribution in [3.05, 3.63) is 83.4 Å². The second kappa shape index (κ2) is 12.2. The van der Waals surface area contributed by atoms with E-state index in [0.29, 0.717) is 36.1 Å². The lowest BCUT2D eigenvalue weighted by Gasteiger charge is -2.42. The van der Waals surface area contributed by atoms with Crippen molar-refractivity contribution >= 4 is 5.97 Å². The zero-order valence-electron chi connectivity index (χ0n) is 25.6. The van der Waals surface area contributed by atoms with E-state index in [1.54, 1.807) is 30.7 Å². The Morgan fingerprint density at radius 2 is 2.00 bits per heavy atom. The Hall–Kier alpha value is -3.03. The molecule has 0 radical (unpaired) electrons. The fraction of sp³-hybridized carbons (Fsp3) is 0.583. The highest BCUT2D eigenvalue weighted by atomic mass is 16.5. The summed E-state index contributed by atoms with van der Waals surface area (Å²) in [5, 5.41) is 20.4. The number of carbonyl (C=O) groups is 1. The molecule has 2 heterocycles. The normalized spacial score (nSPS) is 32.5. The van der Waals surface area contributed by atoms with Gasteiger partial charge in [0.15, 0.2) is 0 Å². The van der Waals surface area contributed by atoms with Gasteiger partial charge in [-0.15, -0.1) is 0 Å². The number of aromatic nitrogens is 2. The summed E-state index contributed by atoms with van der Waals surface area (Å²) < 4.78 is 12.2. The Labute approximate surface area is 255 Å². The van der Waals surface area contributed by atoms with Crippen molar-refractivity contribution in [2.24, 2.45) is 17.3 Å². The lowest BCUT2D eigenvalue weighted by Crippen LogP contribution is -2.34. The molecule has 230 valence electrons. The molecule has 2 N–H and O–H groups in total. The lowest BCUT2D eigenvalue weighted by atomic mass is 9.62. The molecule has 2 aromatic rings. The Morgan fingerprint density at radius 3 is 2.72 bits per heavy atom. The van der Waals surface area contributed by atoms with Gasteiger partial charge >= 0.3 is 5.97 Å². The van der Waals surface area contributed by atoms with Crippen molar-refractivity contribution in [1.29, 1.82) is 0 Å². The first kappa shape index (κ1) is 30.0. The molecule has 0 amide bonds. The van der Waals surface area contributed by atoms with Crippen LogP contribution in [0.2, 0.25) is 0 Å². The molecular weight excluding hydrogens is 540 g/mol. The number of allylic oxidation sites excluding steroid dienone is 3. The van der Waals surface area contributed by atoms with Gasteiger partial charge in [0.1, 0.15) is 11.9 Å². The van der Waals surface area contributed by atoms with Crippen LogP contribution in [-0.4, -0.2) is 44.5 Å². The molecule has 0 saturated heterocycles. The highest BCUT2D eigenvalue weighted by molar-refractivity contribution is 5.89. The van der Waals surface area contributed by atoms with Crippen molar-refractivity contribution in [3.8, 4) is 0 Å². The molecule has 0 aliphatic heterocycles. The standard InChI is InChI=1S/C36H46N2O5/c1-23-22-38-34(42-23)36(16-17-36)32(43-33(41)26-13-18-37-19-14-26)8-4-7-28-11-12-30-25(6-5-15-35(28,30)3)9-10-27-20-29(39)21-31(40)24(27)2/h9-10,13-14,18-19,22,28-32,39-40H,2,4-8,11-12,15-17,20-21H2,1,3H3/b25-9+,27-10-/t28?,29-,30?,31+,32?,35?/m1/s1. The predicted molar refractivity (Wildman–Crippen MR) is 164 cm³/mol. The molecule has 0 bridgehead atoms. The summed E-state index contributed by atoms with van der Waals surface area (Å²) in [6.45, 7) is 8.48. The summed E-state index contributed by atoms with van der Waals surface area (Å²) in [7, 11) is 0. The average Bonchev–Trinajstić information content (AvgIpc) is 3.57. The third-order valence-corrected chi connectivity index (χ3v) is 11.1. The number of ether oxygens (including phenoxy) is 1. The first-order valence-electron chi connectivity index (χ1n) is 16.2. The molecule has 7 nitrogen and oxygen atoms in total. The van der Waals surface area contributed by atoms with Gasteiger partial charge in [0.05, 0.1) is 29.4 Å². The van der Waals surface area contributed by atoms with Gasteiger partial charge in [-0.1, -0.05) is 31.2 Å². The molecule has 43 heavy (non-hydrogen) atoms. The topological polar surface area (TPSA) is 106 Å². The molecule has 0 spiro atoms. The number of aliphatic hydroxyl groups is 2. The minimum atomic E-state index is -0.656. The largest absolute Gasteiger partial charge is 0.458 e. The summed E-state index contributed by atoms with van der Waals surface area (Å²) in [6.07, 6.45) is 19.5. The molecule has 4 aliphatic carbocycles. The number of hydrogen-bond acceptors (Lipinski definition) is 7. The Balaban J connectivity index is 1.14. The number of rotatable bonds is 9. The van der Waals surface area contributed by atoms with E-state index in [1.165, 1.54) is 31.3 Å². The molecule has 2 aromatic heterocycles. The molecule has 6 rings (SSSR count). The van der Waals surface area contributed by atoms with Gasteiger partial charge in [0.25, 0.3) is 0 Å². The average molecular weight is 587 g/mol. The Bertz CT molecular complexity index is 1390. The van der Waals surface area contributed by atoms with Crippen LogP contribution in [0.15, 0.2) is 70.6 Å². The smallest absolute Gasteiger partial charge is 0.338 e. The molecule has 4 fully saturated rings. The summed E-state index contributed by atoms with van der Waals surface area (Å²) in [5.74, 6) is 2.34. The first-order valence-corrected chi connectivity index (χ1v) is 16.2. The quantitative estimate of drug-likeness (QED) is 0.306. The maximum absolute atomic E-state index is 13.1. The van der Waals surface area contributed by atoms with Crippen LogP contribution in [0.4, 0.5) is 0 Å². The van der Waals surface area contributed by atoms with E-state index in [4.69, 9.17) is 9.15 Å². The number of aliphatic hydroxyl groups excluding tert-OH is 2. The first-order chi connectivity index (χ1) is 20.7. The number of oxazole rings is 1. The maximum Gasteiger partial charge on any atom is 0.338 e. The highest BCUT2D eigenvalue weighted by Gasteiger charge is 2.57. The van der Waals surface area contributed by atoms with Crippen molar-refractivity contribution in [1.82, 2.24) is 9.97 Å². The minimum absolute atomic E-state index is 0.255. The van der Waals surface area contributed by atoms with E-state index < -0.39 is 12.2 Å². The van der Waals surface area contributed by atoms with Crippen LogP contribution in [0, 0.1) is 24.2 Å². The van der Waals surface area contributed by atoms with Gasteiger partial charge in [-0.3, -0.25) is 4.98 Å². The summed E-state index contributed by atoms with van der Waals surface area (Å²) in [5.41, 5.74) is 3.66. The van der Waals surface area contributed by atoms with Crippen molar-refractivity contribution < 1.29 is 24.2 Å². The molecule has 4 aliphatic rings. The minimum Gasteiger partial charge on any atom is -0.458 e. The zero-order chi connectivity index (χ0) is 30.2. The van der Waals surface area contributed by atoms with E-state index in [-0.39, 0.29) is 22.9 Å². The summed E-state index contributed by atoms with van der Waals surface area (Å²) >= 11 is 0. The summed E-state index contributed by atoms with van der Waals surface area (Å²) in [6, 6.07) is 3.40. The van der Waals surface area contributed by atoms with Crippen molar-refractivity contribution in [2.75, 3.05) is 0 Å². The second-order valence-corrected chi connectivity index (χ2v) is 13.7. The number of carbonyl (C=O) groups excluding carboxylic acids is 1. The SMILES string of the molecule is C=C1/C(=C\C=C2/CCCC3(C)C(CCCC(OC(=O)c4ccncc4)C4(c5ncc(C)o5)CC4)CCC23)C[C@@H](O)C[C@@H]1O. The van der Waals surface area contributed by atoms with E-state index in [2.05, 4.69) is 35.6 Å². The zero-order valence-corrected chi connectivity index (χ0v) is 25.6. The van der Waals surface area contributed by atoms with Gasteiger partial charge in [-0.25, -0.2) is 9.78 Å². The van der Waals surface area contributed by atoms with Crippen LogP contribution in [0.3, 0.4) is 0 Å². The predicted octanol–water partition coefficient (Wildman–Crippen LogP) is 6.95. The van der Waals surface area contributed by atoms with Crippen LogP contribution in [0.25, 0.3) is 0 Å². The maximum atomic E-state index is 13.1. The van der Waals surface area contributed by atoms with Crippen LogP contribution in [0.1, 0.15) is 106 Å². The van der Waals surface area contributed by atoms with Gasteiger partial charge in [-0.2, -0.15) is 0 Å². The van der Waals surface area contributed by atoms with Crippen LogP contribution < -0.4 is 0 Å². The third-order valence-electron chi connectivity index (χ3n) is 11.1. The molecule has 7 heteroatoms. The van der Waals surface area contributed by atoms with Gasteiger partial charge in [0.2, 0.25) is 5.89 Å². The van der Waals surface area contributed by atoms with E-state index in [0.717, 1.165) is 55.4 Å². The van der Waals surface area contributed by atoms with Gasteiger partial charge < -0.3 is 19.4 Å². The highest BCUT2D eigenvalue weighted by Crippen LogP contribution is 2.59. The molecule has 6 atom stereocenters. The fourth-order valence-electron chi connectivity index (χ4n) is 8.36. The van der Waals surface area contributed by atoms with E-state index in [9.17, 15) is 15.0 Å². The van der Waals surface area contributed by atoms with E-state index >= 15 is 0 Å². The monoisotopic (exact) mass is 586 g/mol. The second-order valence-electron chi connectivity index (χ2n) is 13.7. The molecular formula is C36H46N2O5. The number of nitrogens with zero attached hydrogens (tertiary/aromatic N) is 2. The van der Waals surface area contributed by atoms with Crippen molar-refractivity contribution in [3.63, 3.8) is 0 Å². The van der Waals surface area contributed by atoms with Gasteiger partial charge in [0, 0.05) is 18.8 Å². The third kappa shape index (κ3) is 6.03. The number of aryl methyl sites for hydroxylation is 1. The van der Waals surface area contributed by atoms with Crippen LogP contribution >= 0.6 is 0 Å². The van der Waals surface area contributed by atoms with Crippen LogP contribution in [-0.2, 0) is 10.2 Å². The number of pyridine rings is 1. The number of hydrogen-bond donors (Lipinski definition) is 2.